The number of ether oxygens (including phenoxy) is 1. The van der Waals surface area contributed by atoms with Gasteiger partial charge in [0, 0.05) is 17.4 Å². The Kier molecular flexibility index (Phi) is 4.43. The van der Waals surface area contributed by atoms with Crippen LogP contribution in [0.15, 0.2) is 6.07 Å². The number of methoxy groups -OCH3 is 1. The largest absolute Gasteiger partial charge is 0.468 e. The Bertz CT molecular complexity index is 384. The molecule has 0 fully saturated rings. The van der Waals surface area contributed by atoms with Crippen LogP contribution in [0.2, 0.25) is 0 Å². The van der Waals surface area contributed by atoms with Crippen LogP contribution in [0.4, 0.5) is 5.95 Å². The van der Waals surface area contributed by atoms with Crippen molar-refractivity contribution in [2.45, 2.75) is 33.7 Å². The fourth-order valence-corrected chi connectivity index (χ4v) is 1.52. The van der Waals surface area contributed by atoms with Gasteiger partial charge in [-0.15, -0.1) is 0 Å². The molecule has 0 N–H and O–H groups in total. The van der Waals surface area contributed by atoms with Gasteiger partial charge in [-0.3, -0.25) is 4.79 Å². The third-order valence-corrected chi connectivity index (χ3v) is 2.38. The van der Waals surface area contributed by atoms with Crippen LogP contribution in [-0.4, -0.2) is 35.6 Å². The standard InChI is InChI=1S/C12H19N3O2/c1-8(2)15(7-11(16)17-5)12-13-9(3)6-10(4)14-12/h6,8H,7H2,1-5H3. The van der Waals surface area contributed by atoms with E-state index in [2.05, 4.69) is 14.7 Å². The molecule has 17 heavy (non-hydrogen) atoms. The topological polar surface area (TPSA) is 55.3 Å². The van der Waals surface area contributed by atoms with E-state index in [-0.39, 0.29) is 18.6 Å². The number of carbonyl (C=O) groups is 1. The molecule has 1 aromatic heterocycles. The van der Waals surface area contributed by atoms with E-state index in [1.807, 2.05) is 38.7 Å². The van der Waals surface area contributed by atoms with Gasteiger partial charge in [-0.1, -0.05) is 0 Å². The minimum atomic E-state index is -0.290. The van der Waals surface area contributed by atoms with Gasteiger partial charge < -0.3 is 9.64 Å². The van der Waals surface area contributed by atoms with Crippen LogP contribution in [0.3, 0.4) is 0 Å². The molecule has 0 aliphatic carbocycles. The van der Waals surface area contributed by atoms with Gasteiger partial charge in [-0.2, -0.15) is 0 Å². The summed E-state index contributed by atoms with van der Waals surface area (Å²) >= 11 is 0. The van der Waals surface area contributed by atoms with E-state index < -0.39 is 0 Å². The highest BCUT2D eigenvalue weighted by Gasteiger charge is 2.18. The van der Waals surface area contributed by atoms with Crippen LogP contribution in [0.1, 0.15) is 25.2 Å². The monoisotopic (exact) mass is 237 g/mol. The van der Waals surface area contributed by atoms with Gasteiger partial charge in [-0.05, 0) is 33.8 Å². The van der Waals surface area contributed by atoms with E-state index in [1.165, 1.54) is 7.11 Å². The predicted octanol–water partition coefficient (Wildman–Crippen LogP) is 1.48. The SMILES string of the molecule is COC(=O)CN(c1nc(C)cc(C)n1)C(C)C. The van der Waals surface area contributed by atoms with Crippen molar-refractivity contribution in [1.29, 1.82) is 0 Å². The molecular formula is C12H19N3O2. The van der Waals surface area contributed by atoms with Crippen molar-refractivity contribution in [3.05, 3.63) is 17.5 Å². The second kappa shape index (κ2) is 5.61. The van der Waals surface area contributed by atoms with Crippen LogP contribution in [0.5, 0.6) is 0 Å². The molecule has 0 radical (unpaired) electrons. The zero-order valence-electron chi connectivity index (χ0n) is 11.0. The first-order chi connectivity index (χ1) is 7.93. The molecule has 0 bridgehead atoms. The van der Waals surface area contributed by atoms with Crippen molar-refractivity contribution in [3.63, 3.8) is 0 Å². The zero-order chi connectivity index (χ0) is 13.0. The molecule has 1 aromatic rings. The Morgan fingerprint density at radius 3 is 2.29 bits per heavy atom. The highest BCUT2D eigenvalue weighted by atomic mass is 16.5. The maximum Gasteiger partial charge on any atom is 0.325 e. The second-order valence-electron chi connectivity index (χ2n) is 4.25. The molecule has 0 amide bonds. The van der Waals surface area contributed by atoms with E-state index >= 15 is 0 Å². The van der Waals surface area contributed by atoms with Gasteiger partial charge in [0.2, 0.25) is 5.95 Å². The number of esters is 1. The Morgan fingerprint density at radius 1 is 1.35 bits per heavy atom. The normalized spacial score (nSPS) is 10.5. The summed E-state index contributed by atoms with van der Waals surface area (Å²) in [6, 6.07) is 2.04. The Morgan fingerprint density at radius 2 is 1.88 bits per heavy atom. The van der Waals surface area contributed by atoms with Crippen LogP contribution in [0, 0.1) is 13.8 Å². The summed E-state index contributed by atoms with van der Waals surface area (Å²) in [5, 5.41) is 0. The fourth-order valence-electron chi connectivity index (χ4n) is 1.52. The number of nitrogens with zero attached hydrogens (tertiary/aromatic N) is 3. The van der Waals surface area contributed by atoms with Crippen molar-refractivity contribution in [2.75, 3.05) is 18.6 Å². The zero-order valence-corrected chi connectivity index (χ0v) is 11.0. The first kappa shape index (κ1) is 13.4. The molecule has 0 aliphatic heterocycles. The van der Waals surface area contributed by atoms with E-state index in [0.717, 1.165) is 11.4 Å². The molecule has 0 saturated heterocycles. The van der Waals surface area contributed by atoms with Crippen molar-refractivity contribution in [1.82, 2.24) is 9.97 Å². The lowest BCUT2D eigenvalue weighted by atomic mass is 10.3. The van der Waals surface area contributed by atoms with Gasteiger partial charge >= 0.3 is 5.97 Å². The third-order valence-electron chi connectivity index (χ3n) is 2.38. The summed E-state index contributed by atoms with van der Waals surface area (Å²) in [5.74, 6) is 0.282. The van der Waals surface area contributed by atoms with Crippen LogP contribution in [-0.2, 0) is 9.53 Å². The number of hydrogen-bond donors (Lipinski definition) is 0. The molecular weight excluding hydrogens is 218 g/mol. The highest BCUT2D eigenvalue weighted by molar-refractivity contribution is 5.74. The number of aromatic nitrogens is 2. The first-order valence-electron chi connectivity index (χ1n) is 5.59. The average Bonchev–Trinajstić information content (AvgIpc) is 2.23. The van der Waals surface area contributed by atoms with Gasteiger partial charge in [0.1, 0.15) is 6.54 Å². The van der Waals surface area contributed by atoms with Crippen LogP contribution < -0.4 is 4.90 Å². The molecule has 0 saturated carbocycles. The molecule has 5 heteroatoms. The summed E-state index contributed by atoms with van der Waals surface area (Å²) in [5.41, 5.74) is 1.78. The minimum absolute atomic E-state index is 0.135. The molecule has 0 spiro atoms. The molecule has 0 aliphatic rings. The molecule has 0 aromatic carbocycles. The van der Waals surface area contributed by atoms with Crippen molar-refractivity contribution < 1.29 is 9.53 Å². The third kappa shape index (κ3) is 3.69. The fraction of sp³-hybridized carbons (Fsp3) is 0.583. The van der Waals surface area contributed by atoms with Crippen molar-refractivity contribution in [3.8, 4) is 0 Å². The van der Waals surface area contributed by atoms with E-state index in [1.54, 1.807) is 0 Å². The molecule has 5 nitrogen and oxygen atoms in total. The summed E-state index contributed by atoms with van der Waals surface area (Å²) in [6.45, 7) is 7.97. The Hall–Kier alpha value is -1.65. The maximum absolute atomic E-state index is 11.4. The van der Waals surface area contributed by atoms with Gasteiger partial charge in [0.05, 0.1) is 7.11 Å². The lowest BCUT2D eigenvalue weighted by molar-refractivity contribution is -0.139. The number of anilines is 1. The Balaban J connectivity index is 3.01. The molecule has 1 heterocycles. The Labute approximate surface area is 102 Å². The minimum Gasteiger partial charge on any atom is -0.468 e. The number of rotatable bonds is 4. The van der Waals surface area contributed by atoms with Gasteiger partial charge in [0.25, 0.3) is 0 Å². The maximum atomic E-state index is 11.4. The smallest absolute Gasteiger partial charge is 0.325 e. The molecule has 0 unspecified atom stereocenters. The van der Waals surface area contributed by atoms with E-state index in [4.69, 9.17) is 0 Å². The summed E-state index contributed by atoms with van der Waals surface area (Å²) in [7, 11) is 1.38. The highest BCUT2D eigenvalue weighted by Crippen LogP contribution is 2.13. The molecule has 0 atom stereocenters. The first-order valence-corrected chi connectivity index (χ1v) is 5.59. The summed E-state index contributed by atoms with van der Waals surface area (Å²) in [4.78, 5) is 21.9. The van der Waals surface area contributed by atoms with Crippen molar-refractivity contribution >= 4 is 11.9 Å². The quantitative estimate of drug-likeness (QED) is 0.742. The number of carbonyl (C=O) groups excluding carboxylic acids is 1. The number of aryl methyl sites for hydroxylation is 2. The van der Waals surface area contributed by atoms with Gasteiger partial charge in [-0.25, -0.2) is 9.97 Å². The van der Waals surface area contributed by atoms with E-state index in [9.17, 15) is 4.79 Å². The van der Waals surface area contributed by atoms with Crippen molar-refractivity contribution in [2.24, 2.45) is 0 Å². The van der Waals surface area contributed by atoms with Crippen LogP contribution in [0.25, 0.3) is 0 Å². The lowest BCUT2D eigenvalue weighted by Crippen LogP contribution is -2.37. The molecule has 94 valence electrons. The second-order valence-corrected chi connectivity index (χ2v) is 4.25. The predicted molar refractivity (Wildman–Crippen MR) is 66.0 cm³/mol. The number of hydrogen-bond acceptors (Lipinski definition) is 5. The summed E-state index contributed by atoms with van der Waals surface area (Å²) < 4.78 is 4.68. The lowest BCUT2D eigenvalue weighted by Gasteiger charge is -2.25. The van der Waals surface area contributed by atoms with Gasteiger partial charge in [0.15, 0.2) is 0 Å². The van der Waals surface area contributed by atoms with Crippen LogP contribution >= 0.6 is 0 Å². The molecule has 1 rings (SSSR count). The van der Waals surface area contributed by atoms with E-state index in [0.29, 0.717) is 5.95 Å². The summed E-state index contributed by atoms with van der Waals surface area (Å²) in [6.07, 6.45) is 0. The average molecular weight is 237 g/mol.